The molecule has 4 rings (SSSR count). The van der Waals surface area contributed by atoms with Gasteiger partial charge in [0.1, 0.15) is 23.3 Å². The monoisotopic (exact) mass is 533 g/mol. The number of carbonyl (C=O) groups excluding carboxylic acids is 2. The van der Waals surface area contributed by atoms with Gasteiger partial charge in [0, 0.05) is 32.3 Å². The van der Waals surface area contributed by atoms with E-state index in [1.807, 2.05) is 61.6 Å². The Morgan fingerprint density at radius 3 is 2.41 bits per heavy atom. The number of hydrogen-bond donors (Lipinski definition) is 1. The molecule has 0 radical (unpaired) electrons. The van der Waals surface area contributed by atoms with E-state index in [2.05, 4.69) is 10.3 Å². The normalized spacial score (nSPS) is 17.8. The highest BCUT2D eigenvalue weighted by Crippen LogP contribution is 2.29. The number of pyridine rings is 1. The minimum atomic E-state index is -0.674. The van der Waals surface area contributed by atoms with Crippen molar-refractivity contribution in [1.29, 1.82) is 0 Å². The van der Waals surface area contributed by atoms with E-state index >= 15 is 0 Å². The molecule has 1 aliphatic heterocycles. The minimum absolute atomic E-state index is 0.247. The lowest BCUT2D eigenvalue weighted by Gasteiger charge is -2.26. The van der Waals surface area contributed by atoms with E-state index in [4.69, 9.17) is 9.47 Å². The predicted molar refractivity (Wildman–Crippen MR) is 149 cm³/mol. The van der Waals surface area contributed by atoms with Crippen LogP contribution in [-0.4, -0.2) is 48.9 Å². The van der Waals surface area contributed by atoms with Gasteiger partial charge in [-0.3, -0.25) is 4.79 Å². The fourth-order valence-corrected chi connectivity index (χ4v) is 4.66. The zero-order valence-corrected chi connectivity index (χ0v) is 23.1. The van der Waals surface area contributed by atoms with Gasteiger partial charge in [0.2, 0.25) is 0 Å². The van der Waals surface area contributed by atoms with Crippen molar-refractivity contribution >= 4 is 17.9 Å². The number of aromatic nitrogens is 1. The van der Waals surface area contributed by atoms with E-state index in [1.54, 1.807) is 39.0 Å². The van der Waals surface area contributed by atoms with Gasteiger partial charge in [-0.05, 0) is 68.5 Å². The molecule has 206 valence electrons. The van der Waals surface area contributed by atoms with E-state index in [-0.39, 0.29) is 18.2 Å². The molecule has 0 spiro atoms. The Morgan fingerprint density at radius 1 is 1.10 bits per heavy atom. The summed E-state index contributed by atoms with van der Waals surface area (Å²) in [6, 6.07) is 17.9. The highest BCUT2D eigenvalue weighted by Gasteiger charge is 2.40. The Labute approximate surface area is 229 Å². The fourth-order valence-electron chi connectivity index (χ4n) is 4.66. The molecule has 1 aliphatic rings. The molecule has 3 atom stereocenters. The van der Waals surface area contributed by atoms with Gasteiger partial charge in [-0.15, -0.1) is 0 Å². The molecule has 1 aromatic heterocycles. The molecule has 0 aliphatic carbocycles. The molecule has 1 saturated heterocycles. The smallest absolute Gasteiger partial charge is 0.408 e. The molecular weight excluding hydrogens is 497 g/mol. The maximum absolute atomic E-state index is 14.2. The number of anilines is 1. The van der Waals surface area contributed by atoms with Crippen molar-refractivity contribution in [2.75, 3.05) is 19.0 Å². The molecule has 3 aromatic rings. The standard InChI is InChI=1S/C31H36FN3O4/c1-31(2,3)39-30(37)34-26(27-18-24(29(36)38-27)17-22-8-6-7-9-25(22)32)16-20-10-12-21(13-11-20)23-14-15-28(33-19-23)35(4)5/h6-15,19,24,26-27H,16-18H2,1-5H3,(H,34,37)/t24-,26+,27+/m1/s1. The SMILES string of the molecule is CN(C)c1ccc(-c2ccc(C[C@H](NC(=O)OC(C)(C)C)[C@@H]3C[C@@H](Cc4ccccc4F)C(=O)O3)cc2)cn1. The summed E-state index contributed by atoms with van der Waals surface area (Å²) >= 11 is 0. The average Bonchev–Trinajstić information content (AvgIpc) is 3.24. The number of carbonyl (C=O) groups is 2. The quantitative estimate of drug-likeness (QED) is 0.382. The van der Waals surface area contributed by atoms with Gasteiger partial charge in [0.25, 0.3) is 0 Å². The van der Waals surface area contributed by atoms with Crippen LogP contribution in [0.3, 0.4) is 0 Å². The van der Waals surface area contributed by atoms with Crippen LogP contribution in [0.15, 0.2) is 66.9 Å². The number of benzene rings is 2. The van der Waals surface area contributed by atoms with E-state index < -0.39 is 29.8 Å². The van der Waals surface area contributed by atoms with Gasteiger partial charge < -0.3 is 19.7 Å². The number of alkyl carbamates (subject to hydrolysis) is 1. The van der Waals surface area contributed by atoms with Crippen molar-refractivity contribution in [2.24, 2.45) is 5.92 Å². The van der Waals surface area contributed by atoms with Gasteiger partial charge in [-0.25, -0.2) is 14.2 Å². The third-order valence-electron chi connectivity index (χ3n) is 6.64. The van der Waals surface area contributed by atoms with Crippen LogP contribution in [0.2, 0.25) is 0 Å². The third-order valence-corrected chi connectivity index (χ3v) is 6.64. The summed E-state index contributed by atoms with van der Waals surface area (Å²) < 4.78 is 25.4. The van der Waals surface area contributed by atoms with Crippen LogP contribution in [0.1, 0.15) is 38.3 Å². The molecule has 0 unspecified atom stereocenters. The van der Waals surface area contributed by atoms with E-state index in [0.29, 0.717) is 18.4 Å². The summed E-state index contributed by atoms with van der Waals surface area (Å²) in [7, 11) is 3.89. The van der Waals surface area contributed by atoms with Crippen LogP contribution in [-0.2, 0) is 27.1 Å². The summed E-state index contributed by atoms with van der Waals surface area (Å²) in [5.74, 6) is -0.340. The lowest BCUT2D eigenvalue weighted by atomic mass is 9.91. The molecule has 7 nitrogen and oxygen atoms in total. The van der Waals surface area contributed by atoms with Gasteiger partial charge in [-0.2, -0.15) is 0 Å². The number of rotatable bonds is 8. The summed E-state index contributed by atoms with van der Waals surface area (Å²) in [6.07, 6.45) is 1.74. The first kappa shape index (κ1) is 28.1. The number of nitrogens with zero attached hydrogens (tertiary/aromatic N) is 2. The van der Waals surface area contributed by atoms with Gasteiger partial charge in [0.15, 0.2) is 0 Å². The molecular formula is C31H36FN3O4. The predicted octanol–water partition coefficient (Wildman–Crippen LogP) is 5.56. The summed E-state index contributed by atoms with van der Waals surface area (Å²) in [6.45, 7) is 5.38. The zero-order valence-electron chi connectivity index (χ0n) is 23.1. The van der Waals surface area contributed by atoms with Crippen molar-refractivity contribution in [1.82, 2.24) is 10.3 Å². The van der Waals surface area contributed by atoms with Crippen molar-refractivity contribution in [3.05, 3.63) is 83.8 Å². The summed E-state index contributed by atoms with van der Waals surface area (Å²) in [4.78, 5) is 31.9. The molecule has 2 heterocycles. The van der Waals surface area contributed by atoms with Crippen molar-refractivity contribution in [3.63, 3.8) is 0 Å². The lowest BCUT2D eigenvalue weighted by Crippen LogP contribution is -2.46. The highest BCUT2D eigenvalue weighted by atomic mass is 19.1. The molecule has 0 bridgehead atoms. The maximum Gasteiger partial charge on any atom is 0.408 e. The summed E-state index contributed by atoms with van der Waals surface area (Å²) in [5, 5.41) is 2.92. The molecule has 8 heteroatoms. The Kier molecular flexibility index (Phi) is 8.53. The molecule has 1 N–H and O–H groups in total. The van der Waals surface area contributed by atoms with Crippen molar-refractivity contribution in [3.8, 4) is 11.1 Å². The van der Waals surface area contributed by atoms with Gasteiger partial charge >= 0.3 is 12.1 Å². The number of hydrogen-bond acceptors (Lipinski definition) is 6. The molecule has 0 saturated carbocycles. The minimum Gasteiger partial charge on any atom is -0.460 e. The second-order valence-corrected chi connectivity index (χ2v) is 11.2. The average molecular weight is 534 g/mol. The van der Waals surface area contributed by atoms with Gasteiger partial charge in [-0.1, -0.05) is 42.5 Å². The van der Waals surface area contributed by atoms with Crippen LogP contribution in [0.25, 0.3) is 11.1 Å². The number of ether oxygens (including phenoxy) is 2. The van der Waals surface area contributed by atoms with Crippen LogP contribution < -0.4 is 10.2 Å². The maximum atomic E-state index is 14.2. The summed E-state index contributed by atoms with van der Waals surface area (Å²) in [5.41, 5.74) is 2.78. The first-order valence-corrected chi connectivity index (χ1v) is 13.1. The highest BCUT2D eigenvalue weighted by molar-refractivity contribution is 5.75. The Morgan fingerprint density at radius 2 is 1.79 bits per heavy atom. The number of nitrogens with one attached hydrogen (secondary N) is 1. The molecule has 1 amide bonds. The zero-order chi connectivity index (χ0) is 28.2. The number of cyclic esters (lactones) is 1. The third kappa shape index (κ3) is 7.56. The number of amides is 1. The second kappa shape index (κ2) is 11.8. The Hall–Kier alpha value is -3.94. The second-order valence-electron chi connectivity index (χ2n) is 11.2. The van der Waals surface area contributed by atoms with Crippen LogP contribution >= 0.6 is 0 Å². The molecule has 1 fully saturated rings. The fraction of sp³-hybridized carbons (Fsp3) is 0.387. The largest absolute Gasteiger partial charge is 0.460 e. The van der Waals surface area contributed by atoms with E-state index in [1.165, 1.54) is 6.07 Å². The Bertz CT molecular complexity index is 1290. The van der Waals surface area contributed by atoms with E-state index in [0.717, 1.165) is 22.5 Å². The van der Waals surface area contributed by atoms with Crippen LogP contribution in [0.5, 0.6) is 0 Å². The van der Waals surface area contributed by atoms with Crippen molar-refractivity contribution in [2.45, 2.75) is 57.8 Å². The van der Waals surface area contributed by atoms with E-state index in [9.17, 15) is 14.0 Å². The van der Waals surface area contributed by atoms with Crippen molar-refractivity contribution < 1.29 is 23.5 Å². The van der Waals surface area contributed by atoms with Crippen LogP contribution in [0.4, 0.5) is 15.0 Å². The lowest BCUT2D eigenvalue weighted by molar-refractivity contribution is -0.145. The number of halogens is 1. The first-order chi connectivity index (χ1) is 18.5. The van der Waals surface area contributed by atoms with Crippen LogP contribution in [0, 0.1) is 11.7 Å². The number of esters is 1. The Balaban J connectivity index is 1.49. The molecule has 39 heavy (non-hydrogen) atoms. The van der Waals surface area contributed by atoms with Gasteiger partial charge in [0.05, 0.1) is 12.0 Å². The molecule has 2 aromatic carbocycles. The first-order valence-electron chi connectivity index (χ1n) is 13.1. The topological polar surface area (TPSA) is 80.8 Å².